The highest BCUT2D eigenvalue weighted by Gasteiger charge is 2.24. The summed E-state index contributed by atoms with van der Waals surface area (Å²) in [7, 11) is 0. The lowest BCUT2D eigenvalue weighted by Gasteiger charge is -2.24. The van der Waals surface area contributed by atoms with Crippen molar-refractivity contribution >= 4 is 11.9 Å². The molecule has 0 rings (SSSR count). The van der Waals surface area contributed by atoms with Crippen LogP contribution in [0, 0.1) is 5.92 Å². The molecule has 0 radical (unpaired) electrons. The summed E-state index contributed by atoms with van der Waals surface area (Å²) in [5, 5.41) is 2.63. The van der Waals surface area contributed by atoms with Gasteiger partial charge in [-0.1, -0.05) is 13.8 Å². The van der Waals surface area contributed by atoms with Gasteiger partial charge in [0, 0.05) is 6.61 Å². The van der Waals surface area contributed by atoms with Crippen molar-refractivity contribution in [1.82, 2.24) is 5.32 Å². The summed E-state index contributed by atoms with van der Waals surface area (Å²) in [5.74, 6) is 0.129. The summed E-state index contributed by atoms with van der Waals surface area (Å²) in [5.41, 5.74) is 4.77. The second kappa shape index (κ2) is 9.73. The zero-order valence-corrected chi connectivity index (χ0v) is 13.9. The van der Waals surface area contributed by atoms with E-state index in [1.807, 2.05) is 13.8 Å². The van der Waals surface area contributed by atoms with Crippen molar-refractivity contribution < 1.29 is 19.1 Å². The van der Waals surface area contributed by atoms with E-state index in [0.29, 0.717) is 26.0 Å². The lowest BCUT2D eigenvalue weighted by atomic mass is 10.0. The molecular formula is C15H30N2O4. The van der Waals surface area contributed by atoms with Crippen molar-refractivity contribution in [2.24, 2.45) is 11.7 Å². The number of ether oxygens (including phenoxy) is 2. The first-order chi connectivity index (χ1) is 9.65. The molecule has 0 aliphatic carbocycles. The second-order valence-corrected chi connectivity index (χ2v) is 6.49. The van der Waals surface area contributed by atoms with Crippen LogP contribution in [-0.4, -0.2) is 43.3 Å². The number of nitrogens with two attached hydrogens (primary N) is 1. The van der Waals surface area contributed by atoms with Gasteiger partial charge in [0.25, 0.3) is 0 Å². The summed E-state index contributed by atoms with van der Waals surface area (Å²) < 4.78 is 10.4. The Labute approximate surface area is 127 Å². The second-order valence-electron chi connectivity index (χ2n) is 6.49. The molecule has 3 N–H and O–H groups in total. The number of carbonyl (C=O) groups excluding carboxylic acids is 2. The van der Waals surface area contributed by atoms with Crippen molar-refractivity contribution in [2.45, 2.75) is 59.1 Å². The zero-order valence-electron chi connectivity index (χ0n) is 13.9. The average Bonchev–Trinajstić information content (AvgIpc) is 2.30. The number of hydrogen-bond donors (Lipinski definition) is 2. The van der Waals surface area contributed by atoms with Gasteiger partial charge in [-0.25, -0.2) is 4.79 Å². The van der Waals surface area contributed by atoms with Gasteiger partial charge >= 0.3 is 6.09 Å². The van der Waals surface area contributed by atoms with Gasteiger partial charge in [0.05, 0.1) is 6.04 Å². The van der Waals surface area contributed by atoms with Gasteiger partial charge in [-0.15, -0.1) is 0 Å². The number of hydrogen-bond acceptors (Lipinski definition) is 5. The minimum absolute atomic E-state index is 0.0207. The van der Waals surface area contributed by atoms with Crippen molar-refractivity contribution in [3.8, 4) is 0 Å². The highest BCUT2D eigenvalue weighted by atomic mass is 16.6. The maximum Gasteiger partial charge on any atom is 0.408 e. The zero-order chi connectivity index (χ0) is 16.5. The Morgan fingerprint density at radius 3 is 2.33 bits per heavy atom. The smallest absolute Gasteiger partial charge is 0.408 e. The van der Waals surface area contributed by atoms with Gasteiger partial charge in [-0.05, 0) is 46.1 Å². The molecule has 0 unspecified atom stereocenters. The number of Topliss-reactive ketones (excluding diaryl/α,β-unsaturated/α-hetero) is 1. The molecule has 0 aromatic carbocycles. The molecule has 0 spiro atoms. The fourth-order valence-corrected chi connectivity index (χ4v) is 1.65. The van der Waals surface area contributed by atoms with Gasteiger partial charge in [0.1, 0.15) is 12.2 Å². The first-order valence-electron chi connectivity index (χ1n) is 7.45. The molecule has 0 fully saturated rings. The molecule has 0 aromatic rings. The highest BCUT2D eigenvalue weighted by molar-refractivity contribution is 5.88. The third kappa shape index (κ3) is 11.2. The van der Waals surface area contributed by atoms with Crippen LogP contribution in [0.15, 0.2) is 0 Å². The van der Waals surface area contributed by atoms with E-state index in [1.54, 1.807) is 20.8 Å². The minimum atomic E-state index is -0.590. The van der Waals surface area contributed by atoms with E-state index in [-0.39, 0.29) is 18.3 Å². The third-order valence-electron chi connectivity index (χ3n) is 2.52. The van der Waals surface area contributed by atoms with E-state index < -0.39 is 17.7 Å². The largest absolute Gasteiger partial charge is 0.444 e. The number of amides is 1. The predicted octanol–water partition coefficient (Wildman–Crippen LogP) is 1.86. The minimum Gasteiger partial charge on any atom is -0.444 e. The Balaban J connectivity index is 4.43. The number of nitrogens with one attached hydrogen (secondary N) is 1. The molecule has 1 amide bonds. The number of rotatable bonds is 9. The fraction of sp³-hybridized carbons (Fsp3) is 0.867. The molecule has 0 saturated heterocycles. The third-order valence-corrected chi connectivity index (χ3v) is 2.52. The van der Waals surface area contributed by atoms with Crippen LogP contribution in [0.5, 0.6) is 0 Å². The number of carbonyl (C=O) groups is 2. The van der Waals surface area contributed by atoms with Crippen LogP contribution in [-0.2, 0) is 14.3 Å². The van der Waals surface area contributed by atoms with Crippen LogP contribution >= 0.6 is 0 Å². The fourth-order valence-electron chi connectivity index (χ4n) is 1.65. The van der Waals surface area contributed by atoms with E-state index in [1.165, 1.54) is 0 Å². The highest BCUT2D eigenvalue weighted by Crippen LogP contribution is 2.10. The topological polar surface area (TPSA) is 90.6 Å². The molecule has 0 aliphatic heterocycles. The Morgan fingerprint density at radius 1 is 1.24 bits per heavy atom. The van der Waals surface area contributed by atoms with E-state index in [2.05, 4.69) is 5.32 Å². The molecule has 6 nitrogen and oxygen atoms in total. The Hall–Kier alpha value is -1.14. The maximum atomic E-state index is 12.1. The molecule has 21 heavy (non-hydrogen) atoms. The van der Waals surface area contributed by atoms with Crippen LogP contribution in [0.25, 0.3) is 0 Å². The van der Waals surface area contributed by atoms with Gasteiger partial charge in [0.2, 0.25) is 0 Å². The lowest BCUT2D eigenvalue weighted by molar-refractivity contribution is -0.126. The SMILES string of the molecule is CC(C)C[C@H](NC(=O)OC(C)(C)C)C(=O)COCCCN. The quantitative estimate of drug-likeness (QED) is 0.634. The normalized spacial score (nSPS) is 13.1. The van der Waals surface area contributed by atoms with Gasteiger partial charge in [-0.2, -0.15) is 0 Å². The van der Waals surface area contributed by atoms with Gasteiger partial charge in [0.15, 0.2) is 5.78 Å². The maximum absolute atomic E-state index is 12.1. The summed E-state index contributed by atoms with van der Waals surface area (Å²) >= 11 is 0. The summed E-state index contributed by atoms with van der Waals surface area (Å²) in [4.78, 5) is 23.9. The van der Waals surface area contributed by atoms with E-state index in [4.69, 9.17) is 15.2 Å². The molecule has 124 valence electrons. The van der Waals surface area contributed by atoms with Gasteiger partial charge < -0.3 is 20.5 Å². The molecular weight excluding hydrogens is 272 g/mol. The first-order valence-corrected chi connectivity index (χ1v) is 7.45. The van der Waals surface area contributed by atoms with Crippen LogP contribution in [0.2, 0.25) is 0 Å². The lowest BCUT2D eigenvalue weighted by Crippen LogP contribution is -2.45. The van der Waals surface area contributed by atoms with Crippen LogP contribution in [0.4, 0.5) is 4.79 Å². The Morgan fingerprint density at radius 2 is 1.86 bits per heavy atom. The summed E-state index contributed by atoms with van der Waals surface area (Å²) in [6.45, 7) is 10.3. The van der Waals surface area contributed by atoms with Crippen LogP contribution < -0.4 is 11.1 Å². The van der Waals surface area contributed by atoms with Crippen LogP contribution in [0.3, 0.4) is 0 Å². The van der Waals surface area contributed by atoms with Crippen molar-refractivity contribution in [3.05, 3.63) is 0 Å². The number of alkyl carbamates (subject to hydrolysis) is 1. The average molecular weight is 302 g/mol. The molecule has 0 saturated carbocycles. The monoisotopic (exact) mass is 302 g/mol. The molecule has 1 atom stereocenters. The Bertz CT molecular complexity index is 324. The molecule has 0 aromatic heterocycles. The van der Waals surface area contributed by atoms with Crippen LogP contribution in [0.1, 0.15) is 47.5 Å². The first kappa shape index (κ1) is 19.9. The molecule has 6 heteroatoms. The van der Waals surface area contributed by atoms with Crippen molar-refractivity contribution in [1.29, 1.82) is 0 Å². The van der Waals surface area contributed by atoms with Gasteiger partial charge in [-0.3, -0.25) is 4.79 Å². The standard InChI is InChI=1S/C15H30N2O4/c1-11(2)9-12(13(18)10-20-8-6-7-16)17-14(19)21-15(3,4)5/h11-12H,6-10,16H2,1-5H3,(H,17,19)/t12-/m0/s1. The summed E-state index contributed by atoms with van der Waals surface area (Å²) in [6, 6.07) is -0.585. The summed E-state index contributed by atoms with van der Waals surface area (Å²) in [6.07, 6.45) is 0.684. The predicted molar refractivity (Wildman–Crippen MR) is 82.1 cm³/mol. The van der Waals surface area contributed by atoms with E-state index in [0.717, 1.165) is 0 Å². The van der Waals surface area contributed by atoms with E-state index in [9.17, 15) is 9.59 Å². The molecule has 0 bridgehead atoms. The Kier molecular flexibility index (Phi) is 9.21. The molecule has 0 aliphatic rings. The number of ketones is 1. The van der Waals surface area contributed by atoms with E-state index >= 15 is 0 Å². The molecule has 0 heterocycles. The van der Waals surface area contributed by atoms with Crippen molar-refractivity contribution in [2.75, 3.05) is 19.8 Å². The van der Waals surface area contributed by atoms with Crippen molar-refractivity contribution in [3.63, 3.8) is 0 Å².